The standard InChI is InChI=1S/C20H22N2OS/c1-3-16-11-8-12-17-19(16)22(4-2)20(24-17)21-18(23)14-13-15-9-6-5-7-10-15/h5-12H,3-4,13-14H2,1-2H3. The third-order valence-electron chi connectivity index (χ3n) is 4.17. The molecule has 1 amide bonds. The number of benzene rings is 2. The molecule has 0 saturated carbocycles. The Bertz CT molecular complexity index is 906. The third kappa shape index (κ3) is 3.49. The van der Waals surface area contributed by atoms with Crippen LogP contribution in [0.4, 0.5) is 0 Å². The molecule has 0 saturated heterocycles. The largest absolute Gasteiger partial charge is 0.316 e. The summed E-state index contributed by atoms with van der Waals surface area (Å²) in [4.78, 5) is 17.5. The fraction of sp³-hybridized carbons (Fsp3) is 0.300. The molecule has 0 N–H and O–H groups in total. The molecule has 2 aromatic carbocycles. The predicted molar refractivity (Wildman–Crippen MR) is 100 cm³/mol. The number of thiazole rings is 1. The number of para-hydroxylation sites is 1. The Morgan fingerprint density at radius 1 is 1.08 bits per heavy atom. The number of amides is 1. The Morgan fingerprint density at radius 2 is 1.88 bits per heavy atom. The van der Waals surface area contributed by atoms with E-state index in [0.29, 0.717) is 6.42 Å². The Labute approximate surface area is 146 Å². The quantitative estimate of drug-likeness (QED) is 0.681. The molecule has 0 unspecified atom stereocenters. The van der Waals surface area contributed by atoms with E-state index in [2.05, 4.69) is 41.6 Å². The van der Waals surface area contributed by atoms with Crippen molar-refractivity contribution in [3.05, 3.63) is 64.5 Å². The van der Waals surface area contributed by atoms with Crippen LogP contribution < -0.4 is 4.80 Å². The highest BCUT2D eigenvalue weighted by molar-refractivity contribution is 7.16. The van der Waals surface area contributed by atoms with Crippen molar-refractivity contribution in [1.29, 1.82) is 0 Å². The van der Waals surface area contributed by atoms with Gasteiger partial charge >= 0.3 is 0 Å². The van der Waals surface area contributed by atoms with Gasteiger partial charge in [0.25, 0.3) is 0 Å². The number of rotatable bonds is 5. The second-order valence-electron chi connectivity index (χ2n) is 5.74. The van der Waals surface area contributed by atoms with Crippen LogP contribution in [0.1, 0.15) is 31.4 Å². The van der Waals surface area contributed by atoms with Crippen molar-refractivity contribution in [1.82, 2.24) is 4.57 Å². The molecule has 3 aromatic rings. The van der Waals surface area contributed by atoms with Crippen LogP contribution in [-0.4, -0.2) is 10.5 Å². The molecule has 0 aliphatic carbocycles. The molecular weight excluding hydrogens is 316 g/mol. The highest BCUT2D eigenvalue weighted by atomic mass is 32.1. The van der Waals surface area contributed by atoms with Gasteiger partial charge in [0.05, 0.1) is 10.2 Å². The van der Waals surface area contributed by atoms with Crippen LogP contribution in [0, 0.1) is 0 Å². The zero-order chi connectivity index (χ0) is 16.9. The van der Waals surface area contributed by atoms with E-state index in [1.807, 2.05) is 30.3 Å². The van der Waals surface area contributed by atoms with E-state index in [9.17, 15) is 4.79 Å². The van der Waals surface area contributed by atoms with Gasteiger partial charge in [-0.05, 0) is 37.0 Å². The van der Waals surface area contributed by atoms with Crippen LogP contribution in [0.3, 0.4) is 0 Å². The summed E-state index contributed by atoms with van der Waals surface area (Å²) in [5.41, 5.74) is 3.71. The first-order chi connectivity index (χ1) is 11.7. The SMILES string of the molecule is CCc1cccc2sc(=NC(=O)CCc3ccccc3)n(CC)c12. The number of fused-ring (bicyclic) bond motifs is 1. The summed E-state index contributed by atoms with van der Waals surface area (Å²) < 4.78 is 3.37. The maximum absolute atomic E-state index is 12.3. The lowest BCUT2D eigenvalue weighted by molar-refractivity contribution is -0.118. The van der Waals surface area contributed by atoms with Crippen LogP contribution in [-0.2, 0) is 24.2 Å². The van der Waals surface area contributed by atoms with Crippen LogP contribution in [0.2, 0.25) is 0 Å². The van der Waals surface area contributed by atoms with Crippen molar-refractivity contribution in [2.24, 2.45) is 4.99 Å². The molecular formula is C20H22N2OS. The van der Waals surface area contributed by atoms with Gasteiger partial charge in [0.15, 0.2) is 4.80 Å². The minimum absolute atomic E-state index is 0.0503. The smallest absolute Gasteiger partial charge is 0.248 e. The fourth-order valence-corrected chi connectivity index (χ4v) is 4.09. The molecule has 0 spiro atoms. The first kappa shape index (κ1) is 16.7. The Balaban J connectivity index is 1.90. The first-order valence-corrected chi connectivity index (χ1v) is 9.27. The summed E-state index contributed by atoms with van der Waals surface area (Å²) in [5.74, 6) is -0.0503. The zero-order valence-electron chi connectivity index (χ0n) is 14.2. The van der Waals surface area contributed by atoms with Gasteiger partial charge in [-0.25, -0.2) is 0 Å². The second kappa shape index (κ2) is 7.58. The van der Waals surface area contributed by atoms with Gasteiger partial charge in [0, 0.05) is 13.0 Å². The van der Waals surface area contributed by atoms with Crippen molar-refractivity contribution in [2.45, 2.75) is 39.7 Å². The Kier molecular flexibility index (Phi) is 5.26. The van der Waals surface area contributed by atoms with E-state index in [-0.39, 0.29) is 5.91 Å². The summed E-state index contributed by atoms with van der Waals surface area (Å²) in [6.07, 6.45) is 2.17. The van der Waals surface area contributed by atoms with Crippen LogP contribution in [0.25, 0.3) is 10.2 Å². The topological polar surface area (TPSA) is 34.4 Å². The van der Waals surface area contributed by atoms with Gasteiger partial charge in [-0.2, -0.15) is 4.99 Å². The maximum Gasteiger partial charge on any atom is 0.248 e. The molecule has 3 rings (SSSR count). The molecule has 0 bridgehead atoms. The lowest BCUT2D eigenvalue weighted by Gasteiger charge is -2.05. The number of nitrogens with zero attached hydrogens (tertiary/aromatic N) is 2. The van der Waals surface area contributed by atoms with Gasteiger partial charge in [0.2, 0.25) is 5.91 Å². The molecule has 1 aromatic heterocycles. The molecule has 124 valence electrons. The number of aromatic nitrogens is 1. The average molecular weight is 338 g/mol. The zero-order valence-corrected chi connectivity index (χ0v) is 15.0. The summed E-state index contributed by atoms with van der Waals surface area (Å²) in [7, 11) is 0. The maximum atomic E-state index is 12.3. The molecule has 0 aliphatic heterocycles. The van der Waals surface area contributed by atoms with Crippen LogP contribution in [0.5, 0.6) is 0 Å². The molecule has 24 heavy (non-hydrogen) atoms. The normalized spacial score (nSPS) is 12.0. The van der Waals surface area contributed by atoms with Gasteiger partial charge in [-0.3, -0.25) is 4.79 Å². The summed E-state index contributed by atoms with van der Waals surface area (Å²) >= 11 is 1.60. The highest BCUT2D eigenvalue weighted by Gasteiger charge is 2.09. The molecule has 1 heterocycles. The van der Waals surface area contributed by atoms with Gasteiger partial charge in [0.1, 0.15) is 0 Å². The molecule has 4 heteroatoms. The van der Waals surface area contributed by atoms with E-state index in [1.165, 1.54) is 21.3 Å². The molecule has 0 aliphatic rings. The van der Waals surface area contributed by atoms with Crippen molar-refractivity contribution in [2.75, 3.05) is 0 Å². The van der Waals surface area contributed by atoms with E-state index in [4.69, 9.17) is 0 Å². The second-order valence-corrected chi connectivity index (χ2v) is 6.75. The van der Waals surface area contributed by atoms with Crippen molar-refractivity contribution >= 4 is 27.5 Å². The number of carbonyl (C=O) groups excluding carboxylic acids is 1. The number of hydrogen-bond donors (Lipinski definition) is 0. The summed E-state index contributed by atoms with van der Waals surface area (Å²) in [5, 5.41) is 0. The van der Waals surface area contributed by atoms with E-state index >= 15 is 0 Å². The average Bonchev–Trinajstić information content (AvgIpc) is 2.97. The van der Waals surface area contributed by atoms with E-state index in [1.54, 1.807) is 11.3 Å². The van der Waals surface area contributed by atoms with Crippen molar-refractivity contribution in [3.63, 3.8) is 0 Å². The van der Waals surface area contributed by atoms with E-state index in [0.717, 1.165) is 24.2 Å². The van der Waals surface area contributed by atoms with E-state index < -0.39 is 0 Å². The third-order valence-corrected chi connectivity index (χ3v) is 5.22. The first-order valence-electron chi connectivity index (χ1n) is 8.45. The highest BCUT2D eigenvalue weighted by Crippen LogP contribution is 2.22. The molecule has 0 radical (unpaired) electrons. The predicted octanol–water partition coefficient (Wildman–Crippen LogP) is 4.35. The van der Waals surface area contributed by atoms with Crippen molar-refractivity contribution < 1.29 is 4.79 Å². The molecule has 0 fully saturated rings. The van der Waals surface area contributed by atoms with Gasteiger partial charge in [-0.1, -0.05) is 60.7 Å². The van der Waals surface area contributed by atoms with Crippen LogP contribution >= 0.6 is 11.3 Å². The Morgan fingerprint density at radius 3 is 2.58 bits per heavy atom. The molecule has 0 atom stereocenters. The minimum Gasteiger partial charge on any atom is -0.316 e. The summed E-state index contributed by atoms with van der Waals surface area (Å²) in [6.45, 7) is 5.09. The number of aryl methyl sites for hydroxylation is 3. The van der Waals surface area contributed by atoms with Gasteiger partial charge in [-0.15, -0.1) is 0 Å². The van der Waals surface area contributed by atoms with Crippen LogP contribution in [0.15, 0.2) is 53.5 Å². The van der Waals surface area contributed by atoms with Gasteiger partial charge < -0.3 is 4.57 Å². The fourth-order valence-electron chi connectivity index (χ4n) is 2.93. The minimum atomic E-state index is -0.0503. The summed E-state index contributed by atoms with van der Waals surface area (Å²) in [6, 6.07) is 16.4. The molecule has 3 nitrogen and oxygen atoms in total. The van der Waals surface area contributed by atoms with Crippen molar-refractivity contribution in [3.8, 4) is 0 Å². The number of carbonyl (C=O) groups is 1. The monoisotopic (exact) mass is 338 g/mol. The lowest BCUT2D eigenvalue weighted by atomic mass is 10.1. The number of hydrogen-bond acceptors (Lipinski definition) is 2. The Hall–Kier alpha value is -2.20. The lowest BCUT2D eigenvalue weighted by Crippen LogP contribution is -2.16.